The number of esters is 1. The number of pyridine rings is 1. The van der Waals surface area contributed by atoms with E-state index in [9.17, 15) is 29.1 Å². The summed E-state index contributed by atoms with van der Waals surface area (Å²) in [5.41, 5.74) is -1.33. The Labute approximate surface area is 352 Å². The summed E-state index contributed by atoms with van der Waals surface area (Å²) in [7, 11) is 5.17. The third-order valence-electron chi connectivity index (χ3n) is 12.8. The van der Waals surface area contributed by atoms with E-state index in [4.69, 9.17) is 28.4 Å². The summed E-state index contributed by atoms with van der Waals surface area (Å²) < 4.78 is 36.4. The number of rotatable bonds is 10. The van der Waals surface area contributed by atoms with Crippen molar-refractivity contribution in [1.82, 2.24) is 20.1 Å². The normalized spacial score (nSPS) is 35.8. The monoisotopic (exact) mass is 840 g/mol. The molecule has 13 atom stereocenters. The van der Waals surface area contributed by atoms with Gasteiger partial charge in [0.25, 0.3) is 0 Å². The zero-order valence-corrected chi connectivity index (χ0v) is 36.8. The van der Waals surface area contributed by atoms with Crippen molar-refractivity contribution in [3.63, 3.8) is 0 Å². The molecule has 0 saturated carbocycles. The van der Waals surface area contributed by atoms with Gasteiger partial charge in [0.2, 0.25) is 0 Å². The zero-order valence-electron chi connectivity index (χ0n) is 36.8. The van der Waals surface area contributed by atoms with E-state index >= 15 is 0 Å². The van der Waals surface area contributed by atoms with Crippen molar-refractivity contribution in [3.8, 4) is 0 Å². The van der Waals surface area contributed by atoms with E-state index in [1.807, 2.05) is 56.3 Å². The SMILES string of the molecule is CC[C@H]1OC(=O)[C@H](C)C(=O)[C@H](C)[C@@H](O[C@@H]2O[C@H](C)C[C@H](N(C)C)[C@H]2O)[C@](C)(OC)C[C@@H](C)C(=O)[C@H](C)[C@H]2N(CCNC(=O)OCc3cnc4ccccc4c3)C(=O)O[C@]12C. The van der Waals surface area contributed by atoms with E-state index < -0.39 is 89.5 Å². The maximum absolute atomic E-state index is 14.7. The van der Waals surface area contributed by atoms with Crippen LogP contribution in [0, 0.1) is 23.7 Å². The number of carbonyl (C=O) groups excluding carboxylic acids is 5. The molecule has 3 aliphatic heterocycles. The Morgan fingerprint density at radius 1 is 1.05 bits per heavy atom. The van der Waals surface area contributed by atoms with E-state index in [0.29, 0.717) is 12.0 Å². The van der Waals surface area contributed by atoms with Crippen LogP contribution in [-0.2, 0) is 49.4 Å². The van der Waals surface area contributed by atoms with Gasteiger partial charge in [-0.25, -0.2) is 9.59 Å². The van der Waals surface area contributed by atoms with Gasteiger partial charge in [-0.05, 0) is 73.2 Å². The van der Waals surface area contributed by atoms with Crippen molar-refractivity contribution in [2.24, 2.45) is 23.7 Å². The Kier molecular flexibility index (Phi) is 15.0. The first-order valence-electron chi connectivity index (χ1n) is 21.0. The molecule has 16 nitrogen and oxygen atoms in total. The number of ketones is 2. The fraction of sp³-hybridized carbons (Fsp3) is 0.682. The lowest BCUT2D eigenvalue weighted by Gasteiger charge is -2.47. The lowest BCUT2D eigenvalue weighted by atomic mass is 9.73. The van der Waals surface area contributed by atoms with Gasteiger partial charge in [-0.15, -0.1) is 0 Å². The fourth-order valence-electron chi connectivity index (χ4n) is 9.38. The largest absolute Gasteiger partial charge is 0.458 e. The summed E-state index contributed by atoms with van der Waals surface area (Å²) in [5.74, 6) is -5.44. The van der Waals surface area contributed by atoms with Crippen molar-refractivity contribution in [1.29, 1.82) is 0 Å². The minimum Gasteiger partial charge on any atom is -0.458 e. The number of aromatic nitrogens is 1. The predicted octanol–water partition coefficient (Wildman–Crippen LogP) is 4.66. The molecular weight excluding hydrogens is 776 g/mol. The highest BCUT2D eigenvalue weighted by Gasteiger charge is 2.60. The molecule has 0 radical (unpaired) electrons. The number of nitrogens with zero attached hydrogens (tertiary/aromatic N) is 3. The number of fused-ring (bicyclic) bond motifs is 2. The zero-order chi connectivity index (χ0) is 44.3. The van der Waals surface area contributed by atoms with E-state index in [-0.39, 0.29) is 50.5 Å². The van der Waals surface area contributed by atoms with Gasteiger partial charge in [0.15, 0.2) is 17.7 Å². The Bertz CT molecular complexity index is 1880. The second-order valence-electron chi connectivity index (χ2n) is 17.4. The Hall–Kier alpha value is -4.22. The van der Waals surface area contributed by atoms with Crippen LogP contribution in [-0.4, -0.2) is 138 Å². The average molecular weight is 841 g/mol. The van der Waals surface area contributed by atoms with Crippen LogP contribution in [0.15, 0.2) is 36.5 Å². The number of cyclic esters (lactones) is 1. The molecule has 1 aromatic heterocycles. The van der Waals surface area contributed by atoms with Gasteiger partial charge >= 0.3 is 18.2 Å². The van der Waals surface area contributed by atoms with Crippen LogP contribution in [0.25, 0.3) is 10.9 Å². The number of hydrogen-bond acceptors (Lipinski definition) is 14. The number of ether oxygens (including phenoxy) is 6. The highest BCUT2D eigenvalue weighted by atomic mass is 16.7. The summed E-state index contributed by atoms with van der Waals surface area (Å²) in [6.45, 7) is 13.4. The smallest absolute Gasteiger partial charge is 0.410 e. The van der Waals surface area contributed by atoms with Crippen molar-refractivity contribution >= 4 is 40.6 Å². The lowest BCUT2D eigenvalue weighted by molar-refractivity contribution is -0.295. The predicted molar refractivity (Wildman–Crippen MR) is 219 cm³/mol. The number of para-hydroxylation sites is 1. The highest BCUT2D eigenvalue weighted by molar-refractivity contribution is 6.00. The number of aliphatic hydroxyl groups excluding tert-OH is 1. The first-order valence-corrected chi connectivity index (χ1v) is 21.0. The first-order chi connectivity index (χ1) is 28.3. The molecule has 5 rings (SSSR count). The molecule has 0 bridgehead atoms. The molecule has 3 fully saturated rings. The number of carbonyl (C=O) groups is 5. The average Bonchev–Trinajstić information content (AvgIpc) is 3.48. The van der Waals surface area contributed by atoms with Crippen molar-refractivity contribution < 1.29 is 57.5 Å². The number of aliphatic hydroxyl groups is 1. The quantitative estimate of drug-likeness (QED) is 0.191. The standard InChI is InChI=1S/C44H64N4O12/c1-12-33-44(8)37(48(42(54)60-44)18-17-45-41(53)56-23-29-20-30-15-13-14-16-31(30)46-22-29)26(4)34(49)24(2)21-43(7,55-11)38(27(5)35(50)28(6)39(52)58-33)59-40-36(51)32(47(9)10)19-25(3)57-40/h13-16,20,22,24-28,32-33,36-38,40,51H,12,17-19,21,23H2,1-11H3,(H,45,53)/t24-,25-,26+,27+,28-,32+,33-,36-,37-,38-,40+,43-,44-/m1/s1. The molecule has 0 spiro atoms. The maximum atomic E-state index is 14.7. The third-order valence-corrected chi connectivity index (χ3v) is 12.8. The van der Waals surface area contributed by atoms with E-state index in [0.717, 1.165) is 10.9 Å². The molecule has 2 N–H and O–H groups in total. The van der Waals surface area contributed by atoms with Crippen molar-refractivity contribution in [2.45, 2.75) is 135 Å². The van der Waals surface area contributed by atoms with Gasteiger partial charge < -0.3 is 43.7 Å². The van der Waals surface area contributed by atoms with Crippen LogP contribution in [0.2, 0.25) is 0 Å². The van der Waals surface area contributed by atoms with Gasteiger partial charge in [0.1, 0.15) is 30.5 Å². The van der Waals surface area contributed by atoms with E-state index in [1.54, 1.807) is 47.7 Å². The van der Waals surface area contributed by atoms with Gasteiger partial charge in [0.05, 0.1) is 29.4 Å². The summed E-state index contributed by atoms with van der Waals surface area (Å²) in [5, 5.41) is 15.0. The lowest BCUT2D eigenvalue weighted by Crippen LogP contribution is -2.60. The second kappa shape index (κ2) is 19.2. The Morgan fingerprint density at radius 3 is 2.42 bits per heavy atom. The van der Waals surface area contributed by atoms with Crippen LogP contribution in [0.3, 0.4) is 0 Å². The number of Topliss-reactive ketones (excluding diaryl/α,β-unsaturated/α-hetero) is 2. The van der Waals surface area contributed by atoms with Crippen LogP contribution >= 0.6 is 0 Å². The number of hydrogen-bond donors (Lipinski definition) is 2. The minimum atomic E-state index is -1.53. The molecule has 2 aromatic rings. The molecule has 332 valence electrons. The van der Waals surface area contributed by atoms with E-state index in [2.05, 4.69) is 10.3 Å². The summed E-state index contributed by atoms with van der Waals surface area (Å²) >= 11 is 0. The number of benzene rings is 1. The minimum absolute atomic E-state index is 0.0287. The van der Waals surface area contributed by atoms with Gasteiger partial charge in [-0.1, -0.05) is 45.9 Å². The Balaban J connectivity index is 1.41. The third kappa shape index (κ3) is 9.78. The number of amides is 2. The van der Waals surface area contributed by atoms with Gasteiger partial charge in [-0.3, -0.25) is 24.3 Å². The number of likely N-dealkylation sites (N-methyl/N-ethyl adjacent to an activating group) is 1. The van der Waals surface area contributed by atoms with E-state index in [1.165, 1.54) is 18.9 Å². The molecule has 2 amide bonds. The van der Waals surface area contributed by atoms with Gasteiger partial charge in [0, 0.05) is 61.1 Å². The molecule has 4 heterocycles. The molecule has 3 saturated heterocycles. The van der Waals surface area contributed by atoms with Crippen LogP contribution < -0.4 is 5.32 Å². The van der Waals surface area contributed by atoms with Crippen LogP contribution in [0.5, 0.6) is 0 Å². The fourth-order valence-corrected chi connectivity index (χ4v) is 9.38. The molecule has 60 heavy (non-hydrogen) atoms. The molecule has 16 heteroatoms. The number of alkyl carbamates (subject to hydrolysis) is 1. The summed E-state index contributed by atoms with van der Waals surface area (Å²) in [6, 6.07) is 8.21. The molecule has 3 aliphatic rings. The van der Waals surface area contributed by atoms with Crippen molar-refractivity contribution in [2.75, 3.05) is 34.3 Å². The molecule has 0 aliphatic carbocycles. The van der Waals surface area contributed by atoms with Crippen molar-refractivity contribution in [3.05, 3.63) is 42.1 Å². The summed E-state index contributed by atoms with van der Waals surface area (Å²) in [6.07, 6.45) is -3.69. The van der Waals surface area contributed by atoms with Crippen LogP contribution in [0.4, 0.5) is 9.59 Å². The molecular formula is C44H64N4O12. The molecule has 0 unspecified atom stereocenters. The topological polar surface area (TPSA) is 192 Å². The summed E-state index contributed by atoms with van der Waals surface area (Å²) in [4.78, 5) is 77.2. The Morgan fingerprint density at radius 2 is 1.75 bits per heavy atom. The number of methoxy groups -OCH3 is 1. The highest BCUT2D eigenvalue weighted by Crippen LogP contribution is 2.43. The van der Waals surface area contributed by atoms with Gasteiger partial charge in [-0.2, -0.15) is 0 Å². The molecule has 1 aromatic carbocycles. The van der Waals surface area contributed by atoms with Crippen LogP contribution in [0.1, 0.15) is 80.2 Å². The maximum Gasteiger partial charge on any atom is 0.410 e. The first kappa shape index (κ1) is 46.8. The number of nitrogens with one attached hydrogen (secondary N) is 1. The second-order valence-corrected chi connectivity index (χ2v) is 17.4.